The lowest BCUT2D eigenvalue weighted by Crippen LogP contribution is -2.47. The number of carbonyl (C=O) groups excluding carboxylic acids is 3. The van der Waals surface area contributed by atoms with Crippen molar-refractivity contribution in [3.63, 3.8) is 0 Å². The monoisotopic (exact) mass is 341 g/mol. The van der Waals surface area contributed by atoms with Crippen LogP contribution in [-0.4, -0.2) is 47.6 Å². The Bertz CT molecular complexity index is 578. The molecule has 0 aliphatic heterocycles. The van der Waals surface area contributed by atoms with Gasteiger partial charge in [-0.25, -0.2) is 24.0 Å². The van der Waals surface area contributed by atoms with E-state index in [2.05, 4.69) is 4.98 Å². The Hall–Kier alpha value is -2.58. The van der Waals surface area contributed by atoms with Gasteiger partial charge in [-0.3, -0.25) is 0 Å². The second-order valence-electron chi connectivity index (χ2n) is 4.92. The fourth-order valence-electron chi connectivity index (χ4n) is 1.77. The van der Waals surface area contributed by atoms with Gasteiger partial charge in [-0.1, -0.05) is 13.8 Å². The molecular weight excluding hydrogens is 318 g/mol. The average molecular weight is 341 g/mol. The molecule has 0 radical (unpaired) electrons. The first-order valence-corrected chi connectivity index (χ1v) is 7.77. The Labute approximate surface area is 140 Å². The second-order valence-corrected chi connectivity index (χ2v) is 4.92. The van der Waals surface area contributed by atoms with Crippen LogP contribution in [0.2, 0.25) is 0 Å². The van der Waals surface area contributed by atoms with Gasteiger partial charge in [0.2, 0.25) is 5.82 Å². The summed E-state index contributed by atoms with van der Waals surface area (Å²) in [6.45, 7) is 8.79. The van der Waals surface area contributed by atoms with E-state index in [-0.39, 0.29) is 31.6 Å². The molecule has 0 aliphatic rings. The fourth-order valence-corrected chi connectivity index (χ4v) is 1.77. The Kier molecular flexibility index (Phi) is 7.22. The summed E-state index contributed by atoms with van der Waals surface area (Å²) in [6.07, 6.45) is -0.548. The van der Waals surface area contributed by atoms with Crippen molar-refractivity contribution in [2.75, 3.05) is 24.8 Å². The quantitative estimate of drug-likeness (QED) is 0.578. The number of aromatic nitrogens is 2. The molecule has 2 amide bonds. The van der Waals surface area contributed by atoms with E-state index in [1.807, 2.05) is 13.8 Å². The van der Waals surface area contributed by atoms with E-state index >= 15 is 0 Å². The molecule has 0 bridgehead atoms. The lowest BCUT2D eigenvalue weighted by Gasteiger charge is -2.21. The van der Waals surface area contributed by atoms with Crippen LogP contribution in [-0.2, 0) is 14.2 Å². The van der Waals surface area contributed by atoms with Crippen LogP contribution in [0.1, 0.15) is 56.8 Å². The van der Waals surface area contributed by atoms with Crippen LogP contribution in [0, 0.1) is 0 Å². The normalized spacial score (nSPS) is 10.4. The number of imidazole rings is 1. The van der Waals surface area contributed by atoms with Crippen molar-refractivity contribution in [2.45, 2.75) is 40.5 Å². The summed E-state index contributed by atoms with van der Waals surface area (Å²) >= 11 is 0. The van der Waals surface area contributed by atoms with Gasteiger partial charge >= 0.3 is 18.2 Å². The highest BCUT2D eigenvalue weighted by atomic mass is 16.6. The Morgan fingerprint density at radius 1 is 1.04 bits per heavy atom. The molecule has 1 heterocycles. The summed E-state index contributed by atoms with van der Waals surface area (Å²) in [4.78, 5) is 40.6. The first-order chi connectivity index (χ1) is 11.4. The maximum atomic E-state index is 12.2. The summed E-state index contributed by atoms with van der Waals surface area (Å²) in [6, 6.07) is 0. The van der Waals surface area contributed by atoms with E-state index < -0.39 is 18.2 Å². The van der Waals surface area contributed by atoms with Crippen LogP contribution < -0.4 is 5.01 Å². The minimum absolute atomic E-state index is 0.0364. The zero-order chi connectivity index (χ0) is 18.3. The van der Waals surface area contributed by atoms with E-state index in [4.69, 9.17) is 14.2 Å². The van der Waals surface area contributed by atoms with Crippen LogP contribution in [0.3, 0.4) is 0 Å². The zero-order valence-electron chi connectivity index (χ0n) is 14.6. The zero-order valence-corrected chi connectivity index (χ0v) is 14.6. The molecule has 0 saturated carbocycles. The molecule has 1 rings (SSSR count). The first kappa shape index (κ1) is 19.5. The molecule has 24 heavy (non-hydrogen) atoms. The van der Waals surface area contributed by atoms with Crippen molar-refractivity contribution >= 4 is 18.2 Å². The molecule has 0 aromatic carbocycles. The minimum Gasteiger partial charge on any atom is -0.460 e. The van der Waals surface area contributed by atoms with Gasteiger partial charge in [0.1, 0.15) is 0 Å². The molecule has 9 heteroatoms. The van der Waals surface area contributed by atoms with Gasteiger partial charge in [-0.05, 0) is 26.7 Å². The third kappa shape index (κ3) is 4.46. The smallest absolute Gasteiger partial charge is 0.439 e. The summed E-state index contributed by atoms with van der Waals surface area (Å²) in [7, 11) is 0. The highest BCUT2D eigenvalue weighted by Gasteiger charge is 2.32. The molecule has 1 aromatic heterocycles. The molecule has 0 atom stereocenters. The molecule has 9 nitrogen and oxygen atoms in total. The third-order valence-corrected chi connectivity index (χ3v) is 2.85. The minimum atomic E-state index is -0.978. The van der Waals surface area contributed by atoms with E-state index in [9.17, 15) is 14.4 Å². The molecule has 0 fully saturated rings. The van der Waals surface area contributed by atoms with Crippen molar-refractivity contribution in [3.8, 4) is 0 Å². The number of nitrogens with zero attached hydrogens (tertiary/aromatic N) is 3. The number of ether oxygens (including phenoxy) is 3. The maximum Gasteiger partial charge on any atom is 0.439 e. The molecule has 0 unspecified atom stereocenters. The topological polar surface area (TPSA) is 100.0 Å². The molecule has 0 N–H and O–H groups in total. The van der Waals surface area contributed by atoms with Gasteiger partial charge in [-0.15, -0.1) is 5.01 Å². The predicted octanol–water partition coefficient (Wildman–Crippen LogP) is 2.43. The molecule has 134 valence electrons. The predicted molar refractivity (Wildman–Crippen MR) is 84.5 cm³/mol. The van der Waals surface area contributed by atoms with Gasteiger partial charge in [0.15, 0.2) is 0 Å². The summed E-state index contributed by atoms with van der Waals surface area (Å²) in [5.74, 6) is -1.00. The number of esters is 1. The molecule has 0 saturated heterocycles. The Morgan fingerprint density at radius 2 is 1.54 bits per heavy atom. The molecule has 0 spiro atoms. The van der Waals surface area contributed by atoms with Crippen LogP contribution >= 0.6 is 0 Å². The third-order valence-electron chi connectivity index (χ3n) is 2.85. The fraction of sp³-hybridized carbons (Fsp3) is 0.600. The van der Waals surface area contributed by atoms with E-state index in [1.165, 1.54) is 6.20 Å². The van der Waals surface area contributed by atoms with Gasteiger partial charge < -0.3 is 14.2 Å². The summed E-state index contributed by atoms with van der Waals surface area (Å²) < 4.78 is 15.7. The Balaban J connectivity index is 3.40. The van der Waals surface area contributed by atoms with E-state index in [0.29, 0.717) is 10.7 Å². The second kappa shape index (κ2) is 8.90. The Morgan fingerprint density at radius 3 is 1.96 bits per heavy atom. The number of rotatable bonds is 6. The van der Waals surface area contributed by atoms with Crippen molar-refractivity contribution in [3.05, 3.63) is 17.7 Å². The summed E-state index contributed by atoms with van der Waals surface area (Å²) in [5, 5.41) is 0.581. The first-order valence-electron chi connectivity index (χ1n) is 7.77. The molecule has 0 aliphatic carbocycles. The number of carbonyl (C=O) groups is 3. The standard InChI is InChI=1S/C15H23N3O6/c1-6-22-13(19)12-16-11(10(4)5)9-17(12)18(14(20)23-7-2)15(21)24-8-3/h9-10H,6-8H2,1-5H3. The maximum absolute atomic E-state index is 12.2. The van der Waals surface area contributed by atoms with Gasteiger partial charge in [0, 0.05) is 0 Å². The van der Waals surface area contributed by atoms with Crippen molar-refractivity contribution < 1.29 is 28.6 Å². The van der Waals surface area contributed by atoms with Crippen molar-refractivity contribution in [2.24, 2.45) is 0 Å². The lowest BCUT2D eigenvalue weighted by atomic mass is 10.2. The highest BCUT2D eigenvalue weighted by molar-refractivity contribution is 6.02. The molecule has 1 aromatic rings. The number of hydrogen-bond acceptors (Lipinski definition) is 7. The highest BCUT2D eigenvalue weighted by Crippen LogP contribution is 2.16. The van der Waals surface area contributed by atoms with E-state index in [1.54, 1.807) is 20.8 Å². The number of imide groups is 1. The lowest BCUT2D eigenvalue weighted by molar-refractivity contribution is 0.0505. The van der Waals surface area contributed by atoms with Crippen LogP contribution in [0.15, 0.2) is 6.20 Å². The SMILES string of the molecule is CCOC(=O)c1nc(C(C)C)cn1N(C(=O)OCC)C(=O)OCC. The van der Waals surface area contributed by atoms with Crippen molar-refractivity contribution in [1.29, 1.82) is 0 Å². The largest absolute Gasteiger partial charge is 0.460 e. The van der Waals surface area contributed by atoms with Crippen molar-refractivity contribution in [1.82, 2.24) is 9.66 Å². The van der Waals surface area contributed by atoms with Gasteiger partial charge in [0.25, 0.3) is 0 Å². The number of amides is 2. The molecular formula is C15H23N3O6. The van der Waals surface area contributed by atoms with Gasteiger partial charge in [0.05, 0.1) is 31.7 Å². The van der Waals surface area contributed by atoms with Gasteiger partial charge in [-0.2, -0.15) is 0 Å². The van der Waals surface area contributed by atoms with E-state index in [0.717, 1.165) is 4.68 Å². The summed E-state index contributed by atoms with van der Waals surface area (Å²) in [5.41, 5.74) is 0.511. The van der Waals surface area contributed by atoms with Crippen LogP contribution in [0.25, 0.3) is 0 Å². The van der Waals surface area contributed by atoms with Crippen LogP contribution in [0.4, 0.5) is 9.59 Å². The van der Waals surface area contributed by atoms with Crippen LogP contribution in [0.5, 0.6) is 0 Å². The average Bonchev–Trinajstić information content (AvgIpc) is 2.93. The number of hydrogen-bond donors (Lipinski definition) is 0.